The molecule has 1 aromatic heterocycles. The maximum Gasteiger partial charge on any atom is 0.343 e. The molecule has 0 fully saturated rings. The SMILES string of the molecule is CCOc1cc(C(=O)Oc2ccc(Cl)cc2)ccn1. The van der Waals surface area contributed by atoms with Crippen molar-refractivity contribution in [2.24, 2.45) is 0 Å². The van der Waals surface area contributed by atoms with Crippen LogP contribution in [0.5, 0.6) is 11.6 Å². The molecule has 0 saturated heterocycles. The van der Waals surface area contributed by atoms with Crippen molar-refractivity contribution >= 4 is 17.6 Å². The van der Waals surface area contributed by atoms with Crippen molar-refractivity contribution in [3.8, 4) is 11.6 Å². The van der Waals surface area contributed by atoms with Crippen molar-refractivity contribution in [1.29, 1.82) is 0 Å². The number of carbonyl (C=O) groups is 1. The van der Waals surface area contributed by atoms with E-state index in [2.05, 4.69) is 4.98 Å². The Bertz CT molecular complexity index is 569. The number of ether oxygens (including phenoxy) is 2. The minimum absolute atomic E-state index is 0.383. The van der Waals surface area contributed by atoms with Gasteiger partial charge < -0.3 is 9.47 Å². The number of nitrogens with zero attached hydrogens (tertiary/aromatic N) is 1. The number of carbonyl (C=O) groups excluding carboxylic acids is 1. The second-order valence-corrected chi connectivity index (χ2v) is 4.10. The summed E-state index contributed by atoms with van der Waals surface area (Å²) in [6, 6.07) is 9.68. The molecule has 0 aliphatic carbocycles. The van der Waals surface area contributed by atoms with Crippen LogP contribution < -0.4 is 9.47 Å². The largest absolute Gasteiger partial charge is 0.478 e. The Morgan fingerprint density at radius 1 is 1.26 bits per heavy atom. The predicted octanol–water partition coefficient (Wildman–Crippen LogP) is 3.35. The summed E-state index contributed by atoms with van der Waals surface area (Å²) < 4.78 is 10.4. The fourth-order valence-corrected chi connectivity index (χ4v) is 1.56. The summed E-state index contributed by atoms with van der Waals surface area (Å²) >= 11 is 5.76. The van der Waals surface area contributed by atoms with E-state index >= 15 is 0 Å². The van der Waals surface area contributed by atoms with Crippen molar-refractivity contribution < 1.29 is 14.3 Å². The molecule has 2 aromatic rings. The molecule has 0 amide bonds. The lowest BCUT2D eigenvalue weighted by molar-refractivity contribution is 0.0734. The molecule has 0 aliphatic rings. The van der Waals surface area contributed by atoms with Crippen LogP contribution in [0.2, 0.25) is 5.02 Å². The summed E-state index contributed by atoms with van der Waals surface area (Å²) in [4.78, 5) is 15.9. The van der Waals surface area contributed by atoms with Gasteiger partial charge in [-0.3, -0.25) is 0 Å². The van der Waals surface area contributed by atoms with Crippen LogP contribution in [-0.4, -0.2) is 17.6 Å². The standard InChI is InChI=1S/C14H12ClNO3/c1-2-18-13-9-10(7-8-16-13)14(17)19-12-5-3-11(15)4-6-12/h3-9H,2H2,1H3. The summed E-state index contributed by atoms with van der Waals surface area (Å²) in [6.45, 7) is 2.34. The van der Waals surface area contributed by atoms with Gasteiger partial charge in [0.25, 0.3) is 0 Å². The van der Waals surface area contributed by atoms with Gasteiger partial charge in [-0.1, -0.05) is 11.6 Å². The number of esters is 1. The van der Waals surface area contributed by atoms with Gasteiger partial charge in [-0.25, -0.2) is 9.78 Å². The van der Waals surface area contributed by atoms with Crippen molar-refractivity contribution in [2.75, 3.05) is 6.61 Å². The Morgan fingerprint density at radius 3 is 2.68 bits per heavy atom. The Balaban J connectivity index is 2.11. The third kappa shape index (κ3) is 3.69. The number of halogens is 1. The highest BCUT2D eigenvalue weighted by atomic mass is 35.5. The van der Waals surface area contributed by atoms with Gasteiger partial charge in [-0.2, -0.15) is 0 Å². The maximum absolute atomic E-state index is 11.9. The smallest absolute Gasteiger partial charge is 0.343 e. The van der Waals surface area contributed by atoms with Gasteiger partial charge in [0.2, 0.25) is 5.88 Å². The Kier molecular flexibility index (Phi) is 4.36. The van der Waals surface area contributed by atoms with Crippen LogP contribution in [0.25, 0.3) is 0 Å². The third-order valence-electron chi connectivity index (χ3n) is 2.29. The fraction of sp³-hybridized carbons (Fsp3) is 0.143. The molecular formula is C14H12ClNO3. The van der Waals surface area contributed by atoms with Crippen LogP contribution in [0.1, 0.15) is 17.3 Å². The summed E-state index contributed by atoms with van der Waals surface area (Å²) in [5, 5.41) is 0.586. The Hall–Kier alpha value is -2.07. The summed E-state index contributed by atoms with van der Waals surface area (Å²) in [6.07, 6.45) is 1.50. The normalized spacial score (nSPS) is 10.0. The van der Waals surface area contributed by atoms with E-state index in [1.54, 1.807) is 36.4 Å². The average molecular weight is 278 g/mol. The number of rotatable bonds is 4. The number of hydrogen-bond acceptors (Lipinski definition) is 4. The molecule has 0 spiro atoms. The molecule has 4 nitrogen and oxygen atoms in total. The molecule has 2 rings (SSSR count). The van der Waals surface area contributed by atoms with E-state index in [0.29, 0.717) is 28.8 Å². The summed E-state index contributed by atoms with van der Waals surface area (Å²) in [5.74, 6) is 0.364. The van der Waals surface area contributed by atoms with Gasteiger partial charge in [0.15, 0.2) is 0 Å². The first kappa shape index (κ1) is 13.4. The van der Waals surface area contributed by atoms with E-state index in [-0.39, 0.29) is 0 Å². The van der Waals surface area contributed by atoms with Gasteiger partial charge in [0.05, 0.1) is 12.2 Å². The van der Waals surface area contributed by atoms with E-state index in [0.717, 1.165) is 0 Å². The van der Waals surface area contributed by atoms with Gasteiger partial charge >= 0.3 is 5.97 Å². The van der Waals surface area contributed by atoms with Gasteiger partial charge in [0.1, 0.15) is 5.75 Å². The second kappa shape index (κ2) is 6.20. The number of pyridine rings is 1. The van der Waals surface area contributed by atoms with E-state index in [1.807, 2.05) is 6.92 Å². The zero-order valence-electron chi connectivity index (χ0n) is 10.3. The minimum Gasteiger partial charge on any atom is -0.478 e. The van der Waals surface area contributed by atoms with Crippen LogP contribution in [0.15, 0.2) is 42.6 Å². The molecule has 0 bridgehead atoms. The average Bonchev–Trinajstić information content (AvgIpc) is 2.42. The molecule has 0 saturated carbocycles. The summed E-state index contributed by atoms with van der Waals surface area (Å²) in [5.41, 5.74) is 0.383. The maximum atomic E-state index is 11.9. The van der Waals surface area contributed by atoms with Crippen molar-refractivity contribution in [2.45, 2.75) is 6.92 Å². The van der Waals surface area contributed by atoms with Crippen LogP contribution in [0, 0.1) is 0 Å². The lowest BCUT2D eigenvalue weighted by Gasteiger charge is -2.06. The molecule has 5 heteroatoms. The van der Waals surface area contributed by atoms with Crippen LogP contribution in [0.3, 0.4) is 0 Å². The Labute approximate surface area is 115 Å². The Morgan fingerprint density at radius 2 is 2.00 bits per heavy atom. The first-order chi connectivity index (χ1) is 9.19. The molecule has 1 heterocycles. The quantitative estimate of drug-likeness (QED) is 0.635. The van der Waals surface area contributed by atoms with E-state index < -0.39 is 5.97 Å². The number of aromatic nitrogens is 1. The minimum atomic E-state index is -0.467. The first-order valence-electron chi connectivity index (χ1n) is 5.75. The van der Waals surface area contributed by atoms with Crippen LogP contribution in [-0.2, 0) is 0 Å². The molecule has 19 heavy (non-hydrogen) atoms. The fourth-order valence-electron chi connectivity index (χ4n) is 1.43. The molecule has 0 unspecified atom stereocenters. The topological polar surface area (TPSA) is 48.4 Å². The van der Waals surface area contributed by atoms with Crippen molar-refractivity contribution in [1.82, 2.24) is 4.98 Å². The predicted molar refractivity (Wildman–Crippen MR) is 71.8 cm³/mol. The lowest BCUT2D eigenvalue weighted by atomic mass is 10.2. The molecule has 0 radical (unpaired) electrons. The number of benzene rings is 1. The van der Waals surface area contributed by atoms with E-state index in [1.165, 1.54) is 6.20 Å². The zero-order chi connectivity index (χ0) is 13.7. The summed E-state index contributed by atoms with van der Waals surface area (Å²) in [7, 11) is 0. The highest BCUT2D eigenvalue weighted by Gasteiger charge is 2.10. The molecule has 0 atom stereocenters. The second-order valence-electron chi connectivity index (χ2n) is 3.66. The van der Waals surface area contributed by atoms with Gasteiger partial charge in [-0.05, 0) is 37.3 Å². The van der Waals surface area contributed by atoms with Crippen molar-refractivity contribution in [3.63, 3.8) is 0 Å². The first-order valence-corrected chi connectivity index (χ1v) is 6.13. The third-order valence-corrected chi connectivity index (χ3v) is 2.54. The molecule has 1 aromatic carbocycles. The zero-order valence-corrected chi connectivity index (χ0v) is 11.1. The van der Waals surface area contributed by atoms with Crippen LogP contribution in [0.4, 0.5) is 0 Å². The molecule has 0 N–H and O–H groups in total. The highest BCUT2D eigenvalue weighted by Crippen LogP contribution is 2.17. The monoisotopic (exact) mass is 277 g/mol. The van der Waals surface area contributed by atoms with E-state index in [4.69, 9.17) is 21.1 Å². The highest BCUT2D eigenvalue weighted by molar-refractivity contribution is 6.30. The lowest BCUT2D eigenvalue weighted by Crippen LogP contribution is -2.09. The van der Waals surface area contributed by atoms with E-state index in [9.17, 15) is 4.79 Å². The van der Waals surface area contributed by atoms with Gasteiger partial charge in [-0.15, -0.1) is 0 Å². The van der Waals surface area contributed by atoms with Crippen LogP contribution >= 0.6 is 11.6 Å². The van der Waals surface area contributed by atoms with Crippen molar-refractivity contribution in [3.05, 3.63) is 53.2 Å². The molecular weight excluding hydrogens is 266 g/mol. The number of hydrogen-bond donors (Lipinski definition) is 0. The van der Waals surface area contributed by atoms with Gasteiger partial charge in [0, 0.05) is 17.3 Å². The molecule has 0 aliphatic heterocycles. The molecule has 98 valence electrons.